The van der Waals surface area contributed by atoms with E-state index < -0.39 is 0 Å². The van der Waals surface area contributed by atoms with E-state index in [2.05, 4.69) is 53.7 Å². The highest BCUT2D eigenvalue weighted by Crippen LogP contribution is 2.51. The first-order chi connectivity index (χ1) is 11.9. The molecule has 1 aromatic heterocycles. The predicted molar refractivity (Wildman–Crippen MR) is 114 cm³/mol. The van der Waals surface area contributed by atoms with Gasteiger partial charge < -0.3 is 0 Å². The van der Waals surface area contributed by atoms with Gasteiger partial charge >= 0.3 is 0 Å². The molecule has 0 nitrogen and oxygen atoms in total. The summed E-state index contributed by atoms with van der Waals surface area (Å²) in [7, 11) is 1.01. The Kier molecular flexibility index (Phi) is 6.41. The summed E-state index contributed by atoms with van der Waals surface area (Å²) in [4.78, 5) is 0. The van der Waals surface area contributed by atoms with Crippen molar-refractivity contribution in [2.75, 3.05) is 0 Å². The summed E-state index contributed by atoms with van der Waals surface area (Å²) >= 11 is 0. The van der Waals surface area contributed by atoms with E-state index in [-0.39, 0.29) is 0 Å². The lowest BCUT2D eigenvalue weighted by molar-refractivity contribution is 0.199. The lowest BCUT2D eigenvalue weighted by Gasteiger charge is -2.38. The third-order valence-electron chi connectivity index (χ3n) is 7.57. The standard InChI is InChI=1S/C24H41P/c1-15(2)19-9-7-17(5)13-21(19)23-11-12-24(25-23)22-14-18(6)8-10-20(22)16(3)4/h11-12,15-22,25H,7-10,13-14H2,1-6H3. The van der Waals surface area contributed by atoms with Gasteiger partial charge in [0, 0.05) is 0 Å². The summed E-state index contributed by atoms with van der Waals surface area (Å²) in [6, 6.07) is 5.14. The van der Waals surface area contributed by atoms with E-state index in [0.717, 1.165) is 55.5 Å². The van der Waals surface area contributed by atoms with Crippen LogP contribution in [-0.4, -0.2) is 0 Å². The van der Waals surface area contributed by atoms with E-state index in [9.17, 15) is 0 Å². The van der Waals surface area contributed by atoms with E-state index in [1.165, 1.54) is 38.5 Å². The Labute approximate surface area is 158 Å². The third kappa shape index (κ3) is 4.37. The minimum atomic E-state index is 0.838. The van der Waals surface area contributed by atoms with Gasteiger partial charge in [0.15, 0.2) is 0 Å². The van der Waals surface area contributed by atoms with Crippen LogP contribution in [-0.2, 0) is 0 Å². The molecule has 142 valence electrons. The second-order valence-corrected chi connectivity index (χ2v) is 11.6. The summed E-state index contributed by atoms with van der Waals surface area (Å²) in [6.45, 7) is 14.8. The fourth-order valence-corrected chi connectivity index (χ4v) is 7.68. The van der Waals surface area contributed by atoms with Crippen molar-refractivity contribution in [1.82, 2.24) is 0 Å². The Bertz CT molecular complexity index is 494. The average Bonchev–Trinajstić information content (AvgIpc) is 3.03. The number of rotatable bonds is 4. The first-order valence-electron chi connectivity index (χ1n) is 11.1. The molecule has 0 saturated heterocycles. The van der Waals surface area contributed by atoms with Gasteiger partial charge in [-0.25, -0.2) is 0 Å². The molecule has 2 aliphatic rings. The molecule has 1 heteroatoms. The van der Waals surface area contributed by atoms with Crippen molar-refractivity contribution >= 4 is 8.19 Å². The normalized spacial score (nSPS) is 37.3. The molecule has 0 radical (unpaired) electrons. The minimum Gasteiger partial charge on any atom is -0.133 e. The Hall–Kier alpha value is -0.220. The van der Waals surface area contributed by atoms with Crippen LogP contribution in [0.1, 0.15) is 102 Å². The van der Waals surface area contributed by atoms with Crippen LogP contribution in [0.5, 0.6) is 0 Å². The van der Waals surface area contributed by atoms with Crippen molar-refractivity contribution in [1.29, 1.82) is 0 Å². The molecular weight excluding hydrogens is 319 g/mol. The fraction of sp³-hybridized carbons (Fsp3) is 0.833. The van der Waals surface area contributed by atoms with E-state index in [1.807, 2.05) is 10.6 Å². The molecule has 2 saturated carbocycles. The van der Waals surface area contributed by atoms with Crippen LogP contribution in [0.25, 0.3) is 0 Å². The Morgan fingerprint density at radius 1 is 0.720 bits per heavy atom. The first-order valence-corrected chi connectivity index (χ1v) is 12.1. The van der Waals surface area contributed by atoms with Crippen molar-refractivity contribution < 1.29 is 0 Å². The van der Waals surface area contributed by atoms with Crippen LogP contribution >= 0.6 is 8.19 Å². The van der Waals surface area contributed by atoms with Crippen molar-refractivity contribution in [3.05, 3.63) is 22.7 Å². The zero-order valence-corrected chi connectivity index (χ0v) is 18.5. The molecule has 0 aliphatic heterocycles. The van der Waals surface area contributed by atoms with Gasteiger partial charge in [-0.15, -0.1) is 8.19 Å². The highest BCUT2D eigenvalue weighted by Gasteiger charge is 2.35. The Morgan fingerprint density at radius 3 is 1.48 bits per heavy atom. The maximum Gasteiger partial charge on any atom is -0.00935 e. The maximum absolute atomic E-state index is 2.57. The second-order valence-electron chi connectivity index (χ2n) is 10.2. The molecule has 0 N–H and O–H groups in total. The number of hydrogen-bond donors (Lipinski definition) is 0. The minimum absolute atomic E-state index is 0.838. The van der Waals surface area contributed by atoms with Gasteiger partial charge in [0.05, 0.1) is 0 Å². The smallest absolute Gasteiger partial charge is 0.00935 e. The van der Waals surface area contributed by atoms with Crippen LogP contribution < -0.4 is 0 Å². The molecule has 1 aromatic rings. The van der Waals surface area contributed by atoms with E-state index in [0.29, 0.717) is 0 Å². The Morgan fingerprint density at radius 2 is 1.12 bits per heavy atom. The van der Waals surface area contributed by atoms with Gasteiger partial charge in [-0.3, -0.25) is 0 Å². The van der Waals surface area contributed by atoms with E-state index in [4.69, 9.17) is 0 Å². The maximum atomic E-state index is 2.57. The predicted octanol–water partition coefficient (Wildman–Crippen LogP) is 8.07. The van der Waals surface area contributed by atoms with Gasteiger partial charge in [-0.05, 0) is 83.6 Å². The van der Waals surface area contributed by atoms with Crippen LogP contribution in [0.4, 0.5) is 0 Å². The van der Waals surface area contributed by atoms with Gasteiger partial charge in [0.2, 0.25) is 0 Å². The largest absolute Gasteiger partial charge is 0.133 e. The van der Waals surface area contributed by atoms with Crippen LogP contribution in [0.15, 0.2) is 12.1 Å². The average molecular weight is 361 g/mol. The SMILES string of the molecule is CC1CCC(C(C)C)C(c2ccc(C3CC(C)CCC3C(C)C)[pH]2)C1. The number of hydrogen-bond acceptors (Lipinski definition) is 0. The summed E-state index contributed by atoms with van der Waals surface area (Å²) in [5.74, 6) is 7.11. The zero-order chi connectivity index (χ0) is 18.1. The van der Waals surface area contributed by atoms with Crippen molar-refractivity contribution in [3.8, 4) is 0 Å². The van der Waals surface area contributed by atoms with Gasteiger partial charge in [-0.1, -0.05) is 66.5 Å². The van der Waals surface area contributed by atoms with E-state index >= 15 is 0 Å². The first kappa shape index (κ1) is 19.5. The van der Waals surface area contributed by atoms with Crippen molar-refractivity contribution in [2.45, 2.75) is 91.9 Å². The van der Waals surface area contributed by atoms with Crippen LogP contribution in [0.2, 0.25) is 0 Å². The van der Waals surface area contributed by atoms with Gasteiger partial charge in [0.1, 0.15) is 0 Å². The summed E-state index contributed by atoms with van der Waals surface area (Å²) in [6.07, 6.45) is 8.69. The third-order valence-corrected chi connectivity index (χ3v) is 9.23. The second kappa shape index (κ2) is 8.21. The molecule has 2 fully saturated rings. The molecule has 0 bridgehead atoms. The molecule has 25 heavy (non-hydrogen) atoms. The lowest BCUT2D eigenvalue weighted by Crippen LogP contribution is -2.25. The molecule has 0 aromatic carbocycles. The monoisotopic (exact) mass is 360 g/mol. The van der Waals surface area contributed by atoms with Crippen molar-refractivity contribution in [3.63, 3.8) is 0 Å². The molecule has 6 atom stereocenters. The molecule has 6 unspecified atom stereocenters. The fourth-order valence-electron chi connectivity index (χ4n) is 5.98. The van der Waals surface area contributed by atoms with Gasteiger partial charge in [0.25, 0.3) is 0 Å². The quantitative estimate of drug-likeness (QED) is 0.509. The highest BCUT2D eigenvalue weighted by molar-refractivity contribution is 7.32. The van der Waals surface area contributed by atoms with Crippen LogP contribution in [0.3, 0.4) is 0 Å². The molecule has 0 spiro atoms. The topological polar surface area (TPSA) is 0 Å². The molecule has 3 rings (SSSR count). The Balaban J connectivity index is 1.82. The summed E-state index contributed by atoms with van der Waals surface area (Å²) < 4.78 is 0. The molecule has 1 heterocycles. The summed E-state index contributed by atoms with van der Waals surface area (Å²) in [5, 5.41) is 3.64. The van der Waals surface area contributed by atoms with Crippen LogP contribution in [0, 0.1) is 35.5 Å². The zero-order valence-electron chi connectivity index (χ0n) is 17.5. The highest BCUT2D eigenvalue weighted by atomic mass is 31.0. The van der Waals surface area contributed by atoms with Crippen molar-refractivity contribution in [2.24, 2.45) is 35.5 Å². The van der Waals surface area contributed by atoms with Gasteiger partial charge in [-0.2, -0.15) is 0 Å². The summed E-state index contributed by atoms with van der Waals surface area (Å²) in [5.41, 5.74) is 0. The molecular formula is C24H41P. The molecule has 2 aliphatic carbocycles. The lowest BCUT2D eigenvalue weighted by atomic mass is 9.69. The van der Waals surface area contributed by atoms with E-state index in [1.54, 1.807) is 0 Å². The molecule has 0 amide bonds.